The molecule has 0 aromatic rings. The molecule has 1 unspecified atom stereocenters. The summed E-state index contributed by atoms with van der Waals surface area (Å²) < 4.78 is 0. The van der Waals surface area contributed by atoms with Gasteiger partial charge in [0.1, 0.15) is 0 Å². The molecule has 80 valence electrons. The van der Waals surface area contributed by atoms with Crippen molar-refractivity contribution in [2.45, 2.75) is 13.1 Å². The molecule has 2 N–H and O–H groups in total. The molecule has 0 aliphatic carbocycles. The first-order valence-corrected chi connectivity index (χ1v) is 5.28. The fourth-order valence-electron chi connectivity index (χ4n) is 2.10. The van der Waals surface area contributed by atoms with Crippen LogP contribution in [0.2, 0.25) is 0 Å². The molecule has 0 saturated carbocycles. The highest BCUT2D eigenvalue weighted by atomic mass is 16.2. The van der Waals surface area contributed by atoms with E-state index in [-0.39, 0.29) is 12.2 Å². The minimum Gasteiger partial charge on any atom is -0.336 e. The second-order valence-corrected chi connectivity index (χ2v) is 3.84. The second-order valence-electron chi connectivity index (χ2n) is 3.84. The monoisotopic (exact) mass is 198 g/mol. The maximum atomic E-state index is 11.4. The smallest absolute Gasteiger partial charge is 0.318 e. The molecular weight excluding hydrogens is 180 g/mol. The Bertz CT molecular complexity index is 215. The van der Waals surface area contributed by atoms with Crippen molar-refractivity contribution in [1.82, 2.24) is 20.4 Å². The molecular formula is C9H18N4O. The van der Waals surface area contributed by atoms with Crippen LogP contribution in [-0.2, 0) is 0 Å². The van der Waals surface area contributed by atoms with Crippen LogP contribution in [0.15, 0.2) is 0 Å². The summed E-state index contributed by atoms with van der Waals surface area (Å²) in [6.45, 7) is 7.85. The second kappa shape index (κ2) is 4.14. The summed E-state index contributed by atoms with van der Waals surface area (Å²) in [7, 11) is 0. The van der Waals surface area contributed by atoms with E-state index in [1.807, 2.05) is 4.90 Å². The number of rotatable bonds is 2. The van der Waals surface area contributed by atoms with Gasteiger partial charge in [-0.1, -0.05) is 0 Å². The SMILES string of the molecule is CC(N1CCNCC1)N1CCNC1=O. The van der Waals surface area contributed by atoms with Crippen molar-refractivity contribution >= 4 is 6.03 Å². The summed E-state index contributed by atoms with van der Waals surface area (Å²) in [6.07, 6.45) is 0.236. The van der Waals surface area contributed by atoms with Gasteiger partial charge in [0.2, 0.25) is 0 Å². The molecule has 5 nitrogen and oxygen atoms in total. The van der Waals surface area contributed by atoms with Gasteiger partial charge in [-0.25, -0.2) is 4.79 Å². The van der Waals surface area contributed by atoms with Crippen LogP contribution in [0, 0.1) is 0 Å². The summed E-state index contributed by atoms with van der Waals surface area (Å²) in [4.78, 5) is 15.7. The third kappa shape index (κ3) is 1.83. The van der Waals surface area contributed by atoms with Crippen LogP contribution in [0.1, 0.15) is 6.92 Å². The molecule has 0 radical (unpaired) electrons. The fourth-order valence-corrected chi connectivity index (χ4v) is 2.10. The van der Waals surface area contributed by atoms with Gasteiger partial charge >= 0.3 is 6.03 Å². The predicted molar refractivity (Wildman–Crippen MR) is 54.0 cm³/mol. The van der Waals surface area contributed by atoms with Crippen molar-refractivity contribution < 1.29 is 4.79 Å². The fraction of sp³-hybridized carbons (Fsp3) is 0.889. The van der Waals surface area contributed by atoms with E-state index in [4.69, 9.17) is 0 Å². The summed E-state index contributed by atoms with van der Waals surface area (Å²) in [5.74, 6) is 0. The van der Waals surface area contributed by atoms with E-state index in [1.54, 1.807) is 0 Å². The Hall–Kier alpha value is -0.810. The number of urea groups is 1. The molecule has 2 heterocycles. The molecule has 14 heavy (non-hydrogen) atoms. The molecule has 0 spiro atoms. The van der Waals surface area contributed by atoms with Gasteiger partial charge in [0.15, 0.2) is 0 Å². The predicted octanol–water partition coefficient (Wildman–Crippen LogP) is -0.737. The first-order valence-electron chi connectivity index (χ1n) is 5.28. The van der Waals surface area contributed by atoms with Gasteiger partial charge in [0.05, 0.1) is 6.17 Å². The zero-order chi connectivity index (χ0) is 9.97. The van der Waals surface area contributed by atoms with Crippen LogP contribution in [0.25, 0.3) is 0 Å². The highest BCUT2D eigenvalue weighted by Gasteiger charge is 2.29. The lowest BCUT2D eigenvalue weighted by Gasteiger charge is -2.37. The number of amides is 2. The largest absolute Gasteiger partial charge is 0.336 e. The Labute approximate surface area is 84.4 Å². The topological polar surface area (TPSA) is 47.6 Å². The highest BCUT2D eigenvalue weighted by molar-refractivity contribution is 5.76. The molecule has 2 aliphatic rings. The Balaban J connectivity index is 1.92. The highest BCUT2D eigenvalue weighted by Crippen LogP contribution is 2.09. The number of hydrogen-bond acceptors (Lipinski definition) is 3. The first-order chi connectivity index (χ1) is 6.79. The van der Waals surface area contributed by atoms with Gasteiger partial charge in [0, 0.05) is 39.3 Å². The minimum atomic E-state index is 0.0797. The van der Waals surface area contributed by atoms with Crippen LogP contribution in [0.3, 0.4) is 0 Å². The van der Waals surface area contributed by atoms with Crippen LogP contribution >= 0.6 is 0 Å². The van der Waals surface area contributed by atoms with Crippen molar-refractivity contribution in [1.29, 1.82) is 0 Å². The molecule has 2 rings (SSSR count). The lowest BCUT2D eigenvalue weighted by molar-refractivity contribution is 0.0812. The maximum Gasteiger partial charge on any atom is 0.318 e. The van der Waals surface area contributed by atoms with E-state index >= 15 is 0 Å². The van der Waals surface area contributed by atoms with Crippen LogP contribution in [0.4, 0.5) is 4.79 Å². The Morgan fingerprint density at radius 2 is 1.93 bits per heavy atom. The standard InChI is InChI=1S/C9H18N4O/c1-8(12-5-2-10-3-6-12)13-7-4-11-9(13)14/h8,10H,2-7H2,1H3,(H,11,14). The zero-order valence-electron chi connectivity index (χ0n) is 8.62. The molecule has 2 saturated heterocycles. The Kier molecular flexibility index (Phi) is 2.88. The molecule has 0 aromatic heterocycles. The number of nitrogens with zero attached hydrogens (tertiary/aromatic N) is 2. The van der Waals surface area contributed by atoms with Crippen molar-refractivity contribution in [3.8, 4) is 0 Å². The number of carbonyl (C=O) groups is 1. The summed E-state index contributed by atoms with van der Waals surface area (Å²) in [5, 5.41) is 6.14. The molecule has 0 bridgehead atoms. The summed E-state index contributed by atoms with van der Waals surface area (Å²) >= 11 is 0. The van der Waals surface area contributed by atoms with Gasteiger partial charge < -0.3 is 15.5 Å². The van der Waals surface area contributed by atoms with Gasteiger partial charge in [-0.2, -0.15) is 0 Å². The maximum absolute atomic E-state index is 11.4. The molecule has 2 fully saturated rings. The quantitative estimate of drug-likeness (QED) is 0.614. The Morgan fingerprint density at radius 3 is 2.50 bits per heavy atom. The molecule has 1 atom stereocenters. The minimum absolute atomic E-state index is 0.0797. The number of nitrogens with one attached hydrogen (secondary N) is 2. The van der Waals surface area contributed by atoms with E-state index in [0.29, 0.717) is 0 Å². The lowest BCUT2D eigenvalue weighted by Crippen LogP contribution is -2.54. The number of carbonyl (C=O) groups excluding carboxylic acids is 1. The van der Waals surface area contributed by atoms with Crippen LogP contribution < -0.4 is 10.6 Å². The summed E-state index contributed by atoms with van der Waals surface area (Å²) in [6, 6.07) is 0.0797. The van der Waals surface area contributed by atoms with Gasteiger partial charge in [-0.05, 0) is 6.92 Å². The van der Waals surface area contributed by atoms with Crippen LogP contribution in [-0.4, -0.2) is 61.3 Å². The van der Waals surface area contributed by atoms with E-state index in [9.17, 15) is 4.79 Å². The van der Waals surface area contributed by atoms with Crippen molar-refractivity contribution in [2.75, 3.05) is 39.3 Å². The molecule has 2 aliphatic heterocycles. The molecule has 0 aromatic carbocycles. The third-order valence-electron chi connectivity index (χ3n) is 3.02. The molecule has 2 amide bonds. The van der Waals surface area contributed by atoms with Crippen molar-refractivity contribution in [3.63, 3.8) is 0 Å². The summed E-state index contributed by atoms with van der Waals surface area (Å²) in [5.41, 5.74) is 0. The van der Waals surface area contributed by atoms with E-state index in [1.165, 1.54) is 0 Å². The third-order valence-corrected chi connectivity index (χ3v) is 3.02. The van der Waals surface area contributed by atoms with Crippen molar-refractivity contribution in [2.24, 2.45) is 0 Å². The lowest BCUT2D eigenvalue weighted by atomic mass is 10.3. The van der Waals surface area contributed by atoms with E-state index < -0.39 is 0 Å². The Morgan fingerprint density at radius 1 is 1.21 bits per heavy atom. The van der Waals surface area contributed by atoms with E-state index in [2.05, 4.69) is 22.5 Å². The number of hydrogen-bond donors (Lipinski definition) is 2. The first kappa shape index (κ1) is 9.73. The average molecular weight is 198 g/mol. The van der Waals surface area contributed by atoms with Gasteiger partial charge in [-0.15, -0.1) is 0 Å². The van der Waals surface area contributed by atoms with Crippen LogP contribution in [0.5, 0.6) is 0 Å². The average Bonchev–Trinajstić information content (AvgIpc) is 2.65. The van der Waals surface area contributed by atoms with Gasteiger partial charge in [0.25, 0.3) is 0 Å². The number of piperazine rings is 1. The zero-order valence-corrected chi connectivity index (χ0v) is 8.62. The van der Waals surface area contributed by atoms with Crippen molar-refractivity contribution in [3.05, 3.63) is 0 Å². The van der Waals surface area contributed by atoms with Gasteiger partial charge in [-0.3, -0.25) is 4.90 Å². The van der Waals surface area contributed by atoms with E-state index in [0.717, 1.165) is 39.3 Å². The normalized spacial score (nSPS) is 26.4. The molecule has 5 heteroatoms.